The lowest BCUT2D eigenvalue weighted by Crippen LogP contribution is -2.58. The zero-order valence-electron chi connectivity index (χ0n) is 30.6. The van der Waals surface area contributed by atoms with Gasteiger partial charge in [-0.15, -0.1) is 0 Å². The van der Waals surface area contributed by atoms with E-state index in [-0.39, 0.29) is 43.1 Å². The maximum Gasteiger partial charge on any atom is 0.311 e. The van der Waals surface area contributed by atoms with Crippen LogP contribution in [0.2, 0.25) is 0 Å². The molecule has 274 valence electrons. The van der Waals surface area contributed by atoms with E-state index in [1.54, 1.807) is 41.5 Å². The molecule has 3 fully saturated rings. The second-order valence-electron chi connectivity index (χ2n) is 15.3. The Kier molecular flexibility index (Phi) is 13.7. The normalized spacial score (nSPS) is 48.8. The molecular weight excluding hydrogens is 608 g/mol. The number of oxime groups is 1. The fraction of sp³-hybridized carbons (Fsp3) is 0.943. The first-order valence-electron chi connectivity index (χ1n) is 17.6. The summed E-state index contributed by atoms with van der Waals surface area (Å²) in [5, 5.41) is 54.2. The number of aliphatic hydroxyl groups excluding tert-OH is 2. The monoisotopic (exact) mass is 672 g/mol. The van der Waals surface area contributed by atoms with Crippen molar-refractivity contribution in [2.75, 3.05) is 20.2 Å². The van der Waals surface area contributed by atoms with Crippen LogP contribution in [0.1, 0.15) is 101 Å². The molecule has 0 aromatic heterocycles. The van der Waals surface area contributed by atoms with E-state index >= 15 is 0 Å². The number of aliphatic hydroxyl groups is 4. The van der Waals surface area contributed by atoms with E-state index in [9.17, 15) is 25.2 Å². The van der Waals surface area contributed by atoms with E-state index in [1.807, 2.05) is 20.8 Å². The predicted molar refractivity (Wildman–Crippen MR) is 178 cm³/mol. The molecule has 3 rings (SSSR count). The van der Waals surface area contributed by atoms with Gasteiger partial charge >= 0.3 is 5.97 Å². The highest BCUT2D eigenvalue weighted by Gasteiger charge is 2.51. The van der Waals surface area contributed by atoms with Crippen molar-refractivity contribution in [1.82, 2.24) is 5.32 Å². The van der Waals surface area contributed by atoms with Gasteiger partial charge in [0.15, 0.2) is 6.29 Å². The Bertz CT molecular complexity index is 1050. The van der Waals surface area contributed by atoms with Crippen LogP contribution < -0.4 is 5.32 Å². The quantitative estimate of drug-likeness (QED) is 0.208. The van der Waals surface area contributed by atoms with E-state index in [1.165, 1.54) is 14.0 Å². The molecule has 0 saturated carbocycles. The summed E-state index contributed by atoms with van der Waals surface area (Å²) < 4.78 is 24.3. The van der Waals surface area contributed by atoms with Crippen molar-refractivity contribution in [3.05, 3.63) is 0 Å². The third kappa shape index (κ3) is 9.05. The largest absolute Gasteiger partial charge is 0.459 e. The van der Waals surface area contributed by atoms with Crippen LogP contribution in [-0.2, 0) is 28.6 Å². The summed E-state index contributed by atoms with van der Waals surface area (Å²) in [4.78, 5) is 19.9. The Labute approximate surface area is 281 Å². The van der Waals surface area contributed by atoms with Crippen LogP contribution in [0.25, 0.3) is 0 Å². The highest BCUT2D eigenvalue weighted by atomic mass is 16.7. The summed E-state index contributed by atoms with van der Waals surface area (Å²) in [6.07, 6.45) is -3.05. The van der Waals surface area contributed by atoms with Crippen molar-refractivity contribution < 1.29 is 49.0 Å². The first-order chi connectivity index (χ1) is 21.8. The van der Waals surface area contributed by atoms with Gasteiger partial charge < -0.3 is 49.5 Å². The second-order valence-corrected chi connectivity index (χ2v) is 15.3. The number of ether oxygens (including phenoxy) is 4. The van der Waals surface area contributed by atoms with E-state index in [4.69, 9.17) is 23.8 Å². The SMILES string of the molecule is CC[C@H]1OC(=O)[C@H](C)[C@@H](O[C@H]2C[C@@](C)(OC)[C@@H](O)[C@H](C)O2)[C@H](C)[C@@H](C)[C@](C)(O)C[C@@H](C)/C(=N\OC2CCCNC2)[C@H](C)[C@@H](O)[C@]1(C)O. The molecule has 0 bridgehead atoms. The van der Waals surface area contributed by atoms with Crippen LogP contribution in [0, 0.1) is 29.6 Å². The summed E-state index contributed by atoms with van der Waals surface area (Å²) >= 11 is 0. The molecule has 0 radical (unpaired) electrons. The van der Waals surface area contributed by atoms with Gasteiger partial charge in [0.25, 0.3) is 0 Å². The van der Waals surface area contributed by atoms with Gasteiger partial charge in [-0.3, -0.25) is 4.79 Å². The van der Waals surface area contributed by atoms with Crippen molar-refractivity contribution >= 4 is 11.7 Å². The topological polar surface area (TPSA) is 169 Å². The van der Waals surface area contributed by atoms with Gasteiger partial charge in [0.1, 0.15) is 23.9 Å². The van der Waals surface area contributed by atoms with Crippen molar-refractivity contribution in [1.29, 1.82) is 0 Å². The molecule has 47 heavy (non-hydrogen) atoms. The van der Waals surface area contributed by atoms with Crippen LogP contribution in [-0.4, -0.2) is 112 Å². The molecule has 12 heteroatoms. The van der Waals surface area contributed by atoms with Crippen LogP contribution in [0.15, 0.2) is 5.16 Å². The smallest absolute Gasteiger partial charge is 0.311 e. The van der Waals surface area contributed by atoms with Gasteiger partial charge in [-0.2, -0.15) is 0 Å². The fourth-order valence-electron chi connectivity index (χ4n) is 7.75. The number of piperidine rings is 1. The second kappa shape index (κ2) is 16.1. The molecule has 3 aliphatic heterocycles. The molecular formula is C35H64N2O10. The molecule has 0 spiro atoms. The first-order valence-corrected chi connectivity index (χ1v) is 17.6. The highest BCUT2D eigenvalue weighted by molar-refractivity contribution is 5.88. The summed E-state index contributed by atoms with van der Waals surface area (Å²) in [6.45, 7) is 19.5. The van der Waals surface area contributed by atoms with Gasteiger partial charge in [-0.05, 0) is 78.7 Å². The average molecular weight is 673 g/mol. The van der Waals surface area contributed by atoms with Crippen molar-refractivity contribution in [3.8, 4) is 0 Å². The number of cyclic esters (lactones) is 1. The van der Waals surface area contributed by atoms with E-state index in [0.29, 0.717) is 12.3 Å². The van der Waals surface area contributed by atoms with Gasteiger partial charge in [0.05, 0.1) is 41.1 Å². The number of hydrogen-bond donors (Lipinski definition) is 5. The molecule has 0 amide bonds. The lowest BCUT2D eigenvalue weighted by molar-refractivity contribution is -0.298. The molecule has 12 nitrogen and oxygen atoms in total. The summed E-state index contributed by atoms with van der Waals surface area (Å²) in [7, 11) is 1.53. The molecule has 1 unspecified atom stereocenters. The zero-order valence-corrected chi connectivity index (χ0v) is 30.6. The van der Waals surface area contributed by atoms with E-state index < -0.39 is 71.4 Å². The van der Waals surface area contributed by atoms with E-state index in [2.05, 4.69) is 10.5 Å². The van der Waals surface area contributed by atoms with E-state index in [0.717, 1.165) is 19.4 Å². The number of carbonyl (C=O) groups excluding carboxylic acids is 1. The lowest BCUT2D eigenvalue weighted by Gasteiger charge is -2.47. The maximum atomic E-state index is 13.9. The minimum absolute atomic E-state index is 0.129. The standard InChI is InChI=1S/C35H64N2O10/c1-12-26-35(10,42)30(38)21(4)28(37-47-25-14-13-15-36-18-25)19(2)16-33(8,41)23(6)20(3)29(22(5)32(40)45-26)46-27-17-34(9,43-11)31(39)24(7)44-27/h19-27,29-31,36,38-39,41-42H,12-18H2,1-11H3/b37-28+/t19-,20-,21+,22-,23-,24+,25?,26-,27+,29+,30-,31+,33-,34-,35-/m1/s1. The molecule has 3 heterocycles. The van der Waals surface area contributed by atoms with Crippen molar-refractivity contribution in [2.45, 2.75) is 161 Å². The summed E-state index contributed by atoms with van der Waals surface area (Å²) in [6, 6.07) is 0. The van der Waals surface area contributed by atoms with Crippen LogP contribution in [0.3, 0.4) is 0 Å². The number of methoxy groups -OCH3 is 1. The maximum absolute atomic E-state index is 13.9. The van der Waals surface area contributed by atoms with Gasteiger partial charge in [-0.25, -0.2) is 0 Å². The molecule has 5 N–H and O–H groups in total. The minimum Gasteiger partial charge on any atom is -0.459 e. The zero-order chi connectivity index (χ0) is 35.5. The fourth-order valence-corrected chi connectivity index (χ4v) is 7.75. The van der Waals surface area contributed by atoms with Crippen LogP contribution in [0.4, 0.5) is 0 Å². The third-order valence-electron chi connectivity index (χ3n) is 11.5. The Morgan fingerprint density at radius 2 is 1.66 bits per heavy atom. The molecule has 0 aliphatic carbocycles. The molecule has 0 aromatic carbocycles. The molecule has 3 saturated heterocycles. The first kappa shape index (κ1) is 40.1. The Balaban J connectivity index is 2.04. The number of nitrogens with one attached hydrogen (secondary N) is 1. The number of nitrogens with zero attached hydrogens (tertiary/aromatic N) is 1. The number of rotatable bonds is 6. The average Bonchev–Trinajstić information content (AvgIpc) is 3.03. The lowest BCUT2D eigenvalue weighted by atomic mass is 9.70. The molecule has 15 atom stereocenters. The number of carbonyl (C=O) groups is 1. The Hall–Kier alpha value is -1.38. The highest BCUT2D eigenvalue weighted by Crippen LogP contribution is 2.40. The Morgan fingerprint density at radius 1 is 1.00 bits per heavy atom. The summed E-state index contributed by atoms with van der Waals surface area (Å²) in [5.74, 6) is -3.23. The number of esters is 1. The summed E-state index contributed by atoms with van der Waals surface area (Å²) in [5.41, 5.74) is -3.52. The molecule has 3 aliphatic rings. The minimum atomic E-state index is -1.84. The van der Waals surface area contributed by atoms with Crippen molar-refractivity contribution in [2.24, 2.45) is 34.7 Å². The van der Waals surface area contributed by atoms with Gasteiger partial charge in [0.2, 0.25) is 0 Å². The Morgan fingerprint density at radius 3 is 2.23 bits per heavy atom. The van der Waals surface area contributed by atoms with Gasteiger partial charge in [0, 0.05) is 31.9 Å². The number of hydrogen-bond acceptors (Lipinski definition) is 12. The van der Waals surface area contributed by atoms with Crippen LogP contribution in [0.5, 0.6) is 0 Å². The van der Waals surface area contributed by atoms with Gasteiger partial charge in [-0.1, -0.05) is 39.8 Å². The molecule has 0 aromatic rings. The predicted octanol–water partition coefficient (Wildman–Crippen LogP) is 3.17. The van der Waals surface area contributed by atoms with Crippen LogP contribution >= 0.6 is 0 Å². The third-order valence-corrected chi connectivity index (χ3v) is 11.5. The van der Waals surface area contributed by atoms with Crippen molar-refractivity contribution in [3.63, 3.8) is 0 Å².